The van der Waals surface area contributed by atoms with Crippen LogP contribution in [0.2, 0.25) is 0 Å². The molecule has 2 saturated carbocycles. The minimum atomic E-state index is -0.382. The summed E-state index contributed by atoms with van der Waals surface area (Å²) in [6.07, 6.45) is 2.22. The average molecular weight is 282 g/mol. The molecule has 2 aliphatic rings. The molecule has 0 aliphatic heterocycles. The van der Waals surface area contributed by atoms with Gasteiger partial charge in [-0.2, -0.15) is 0 Å². The van der Waals surface area contributed by atoms with Crippen LogP contribution in [0.25, 0.3) is 0 Å². The lowest BCUT2D eigenvalue weighted by Gasteiger charge is -2.46. The van der Waals surface area contributed by atoms with Gasteiger partial charge in [0.25, 0.3) is 0 Å². The molecule has 0 N–H and O–H groups in total. The van der Waals surface area contributed by atoms with Gasteiger partial charge in [-0.15, -0.1) is 0 Å². The Morgan fingerprint density at radius 3 is 2.50 bits per heavy atom. The van der Waals surface area contributed by atoms with Crippen LogP contribution in [0, 0.1) is 23.7 Å². The van der Waals surface area contributed by atoms with Crippen molar-refractivity contribution in [2.45, 2.75) is 45.6 Å². The van der Waals surface area contributed by atoms with Crippen molar-refractivity contribution in [1.29, 1.82) is 0 Å². The lowest BCUT2D eigenvalue weighted by atomic mass is 9.60. The van der Waals surface area contributed by atoms with E-state index >= 15 is 0 Å². The molecule has 0 spiro atoms. The molecule has 2 aliphatic carbocycles. The summed E-state index contributed by atoms with van der Waals surface area (Å²) in [4.78, 5) is 35.5. The number of esters is 2. The second-order valence-corrected chi connectivity index (χ2v) is 5.94. The highest BCUT2D eigenvalue weighted by Gasteiger charge is 2.51. The number of ketones is 1. The predicted molar refractivity (Wildman–Crippen MR) is 70.7 cm³/mol. The van der Waals surface area contributed by atoms with Crippen molar-refractivity contribution in [3.05, 3.63) is 0 Å². The van der Waals surface area contributed by atoms with Crippen molar-refractivity contribution in [3.63, 3.8) is 0 Å². The topological polar surface area (TPSA) is 69.7 Å². The quantitative estimate of drug-likeness (QED) is 0.721. The van der Waals surface area contributed by atoms with Crippen LogP contribution in [0.15, 0.2) is 0 Å². The lowest BCUT2D eigenvalue weighted by Crippen LogP contribution is -2.51. The predicted octanol–water partition coefficient (Wildman–Crippen LogP) is 1.73. The van der Waals surface area contributed by atoms with E-state index < -0.39 is 0 Å². The van der Waals surface area contributed by atoms with Crippen LogP contribution in [0.1, 0.15) is 39.5 Å². The Morgan fingerprint density at radius 1 is 1.20 bits per heavy atom. The number of hydrogen-bond acceptors (Lipinski definition) is 5. The monoisotopic (exact) mass is 282 g/mol. The first-order valence-corrected chi connectivity index (χ1v) is 7.23. The molecule has 112 valence electrons. The van der Waals surface area contributed by atoms with Crippen molar-refractivity contribution >= 4 is 17.7 Å². The Kier molecular flexibility index (Phi) is 4.45. The van der Waals surface area contributed by atoms with Gasteiger partial charge in [0.05, 0.1) is 13.0 Å². The second-order valence-electron chi connectivity index (χ2n) is 5.94. The molecule has 2 fully saturated rings. The average Bonchev–Trinajstić information content (AvgIpc) is 2.41. The van der Waals surface area contributed by atoms with Crippen molar-refractivity contribution in [2.75, 3.05) is 7.11 Å². The molecular weight excluding hydrogens is 260 g/mol. The van der Waals surface area contributed by atoms with Gasteiger partial charge in [-0.1, -0.05) is 6.92 Å². The Balaban J connectivity index is 2.27. The van der Waals surface area contributed by atoms with Crippen LogP contribution in [-0.2, 0) is 23.9 Å². The maximum Gasteiger partial charge on any atom is 0.309 e. The van der Waals surface area contributed by atoms with Gasteiger partial charge in [0, 0.05) is 25.2 Å². The van der Waals surface area contributed by atoms with Crippen molar-refractivity contribution in [1.82, 2.24) is 0 Å². The second kappa shape index (κ2) is 5.94. The van der Waals surface area contributed by atoms with Gasteiger partial charge >= 0.3 is 11.9 Å². The van der Waals surface area contributed by atoms with Gasteiger partial charge in [-0.3, -0.25) is 14.4 Å². The van der Waals surface area contributed by atoms with E-state index in [2.05, 4.69) is 6.92 Å². The molecular formula is C15H22O5. The van der Waals surface area contributed by atoms with E-state index in [0.29, 0.717) is 19.3 Å². The first-order valence-electron chi connectivity index (χ1n) is 7.23. The van der Waals surface area contributed by atoms with E-state index in [1.807, 2.05) is 0 Å². The van der Waals surface area contributed by atoms with E-state index in [4.69, 9.17) is 9.47 Å². The molecule has 20 heavy (non-hydrogen) atoms. The molecule has 0 aromatic carbocycles. The van der Waals surface area contributed by atoms with Crippen LogP contribution in [-0.4, -0.2) is 30.9 Å². The normalized spacial score (nSPS) is 37.0. The molecule has 0 radical (unpaired) electrons. The van der Waals surface area contributed by atoms with E-state index in [9.17, 15) is 14.4 Å². The third-order valence-electron chi connectivity index (χ3n) is 4.74. The third-order valence-corrected chi connectivity index (χ3v) is 4.74. The zero-order valence-corrected chi connectivity index (χ0v) is 12.3. The summed E-state index contributed by atoms with van der Waals surface area (Å²) < 4.78 is 10.2. The molecule has 0 bridgehead atoms. The number of fused-ring (bicyclic) bond motifs is 1. The van der Waals surface area contributed by atoms with Crippen molar-refractivity contribution < 1.29 is 23.9 Å². The number of rotatable bonds is 2. The fourth-order valence-corrected chi connectivity index (χ4v) is 3.88. The van der Waals surface area contributed by atoms with Crippen LogP contribution in [0.3, 0.4) is 0 Å². The summed E-state index contributed by atoms with van der Waals surface area (Å²) in [5, 5.41) is 0. The fraction of sp³-hybridized carbons (Fsp3) is 0.800. The molecule has 0 unspecified atom stereocenters. The SMILES string of the molecule is COC(=O)[C@@H]1CC[C@H](C)[C@H]2[C@@H]1C(=O)CC[C@H]2OC(C)=O. The lowest BCUT2D eigenvalue weighted by molar-refractivity contribution is -0.169. The molecule has 5 atom stereocenters. The third kappa shape index (κ3) is 2.72. The van der Waals surface area contributed by atoms with Crippen LogP contribution in [0.4, 0.5) is 0 Å². The fourth-order valence-electron chi connectivity index (χ4n) is 3.88. The maximum absolute atomic E-state index is 12.3. The summed E-state index contributed by atoms with van der Waals surface area (Å²) in [5.41, 5.74) is 0. The zero-order chi connectivity index (χ0) is 14.9. The Labute approximate surface area is 119 Å². The van der Waals surface area contributed by atoms with E-state index in [1.54, 1.807) is 0 Å². The molecule has 5 heteroatoms. The van der Waals surface area contributed by atoms with Gasteiger partial charge in [-0.25, -0.2) is 0 Å². The van der Waals surface area contributed by atoms with Gasteiger partial charge in [-0.05, 0) is 25.2 Å². The van der Waals surface area contributed by atoms with Gasteiger partial charge in [0.1, 0.15) is 11.9 Å². The van der Waals surface area contributed by atoms with Crippen LogP contribution in [0.5, 0.6) is 0 Å². The summed E-state index contributed by atoms with van der Waals surface area (Å²) in [5.74, 6) is -1.05. The number of hydrogen-bond donors (Lipinski definition) is 0. The first kappa shape index (κ1) is 15.0. The number of carbonyl (C=O) groups is 3. The van der Waals surface area contributed by atoms with Gasteiger partial charge < -0.3 is 9.47 Å². The van der Waals surface area contributed by atoms with Crippen LogP contribution >= 0.6 is 0 Å². The minimum Gasteiger partial charge on any atom is -0.469 e. The Bertz CT molecular complexity index is 416. The molecule has 5 nitrogen and oxygen atoms in total. The highest BCUT2D eigenvalue weighted by Crippen LogP contribution is 2.46. The minimum absolute atomic E-state index is 0.0574. The highest BCUT2D eigenvalue weighted by atomic mass is 16.5. The Morgan fingerprint density at radius 2 is 1.90 bits per heavy atom. The van der Waals surface area contributed by atoms with E-state index in [1.165, 1.54) is 14.0 Å². The molecule has 0 aromatic rings. The number of carbonyl (C=O) groups excluding carboxylic acids is 3. The molecule has 0 heterocycles. The molecule has 0 saturated heterocycles. The summed E-state index contributed by atoms with van der Waals surface area (Å²) in [6.45, 7) is 3.46. The largest absolute Gasteiger partial charge is 0.469 e. The van der Waals surface area contributed by atoms with Gasteiger partial charge in [0.2, 0.25) is 0 Å². The zero-order valence-electron chi connectivity index (χ0n) is 12.3. The standard InChI is InChI=1S/C15H22O5/c1-8-4-5-10(15(18)19-3)14-11(17)6-7-12(13(8)14)20-9(2)16/h8,10,12-14H,4-7H2,1-3H3/t8-,10+,12+,13+,14-/m0/s1. The van der Waals surface area contributed by atoms with E-state index in [-0.39, 0.29) is 47.5 Å². The summed E-state index contributed by atoms with van der Waals surface area (Å²) in [7, 11) is 1.35. The molecule has 2 rings (SSSR count). The van der Waals surface area contributed by atoms with Crippen molar-refractivity contribution in [2.24, 2.45) is 23.7 Å². The van der Waals surface area contributed by atoms with Crippen molar-refractivity contribution in [3.8, 4) is 0 Å². The molecule has 0 aromatic heterocycles. The maximum atomic E-state index is 12.3. The number of Topliss-reactive ketones (excluding diaryl/α,β-unsaturated/α-hetero) is 1. The number of methoxy groups -OCH3 is 1. The first-order chi connectivity index (χ1) is 9.45. The molecule has 0 amide bonds. The highest BCUT2D eigenvalue weighted by molar-refractivity contribution is 5.88. The van der Waals surface area contributed by atoms with E-state index in [0.717, 1.165) is 6.42 Å². The number of ether oxygens (including phenoxy) is 2. The smallest absolute Gasteiger partial charge is 0.309 e. The summed E-state index contributed by atoms with van der Waals surface area (Å²) in [6, 6.07) is 0. The van der Waals surface area contributed by atoms with Crippen LogP contribution < -0.4 is 0 Å². The summed E-state index contributed by atoms with van der Waals surface area (Å²) >= 11 is 0. The van der Waals surface area contributed by atoms with Gasteiger partial charge in [0.15, 0.2) is 0 Å². The Hall–Kier alpha value is -1.39.